The van der Waals surface area contributed by atoms with Gasteiger partial charge in [0.2, 0.25) is 5.91 Å². The molecule has 1 aliphatic heterocycles. The molecule has 0 saturated carbocycles. The van der Waals surface area contributed by atoms with Gasteiger partial charge in [-0.1, -0.05) is 42.5 Å². The second-order valence-electron chi connectivity index (χ2n) is 5.75. The molecule has 0 aliphatic carbocycles. The number of ketones is 1. The number of carbonyl (C=O) groups excluding carboxylic acids is 2. The van der Waals surface area contributed by atoms with Crippen LogP contribution in [0.3, 0.4) is 0 Å². The van der Waals surface area contributed by atoms with Gasteiger partial charge in [-0.05, 0) is 38.1 Å². The quantitative estimate of drug-likeness (QED) is 0.854. The summed E-state index contributed by atoms with van der Waals surface area (Å²) in [7, 11) is 0. The van der Waals surface area contributed by atoms with Gasteiger partial charge in [-0.3, -0.25) is 9.59 Å². The third-order valence-corrected chi connectivity index (χ3v) is 4.18. The highest BCUT2D eigenvalue weighted by molar-refractivity contribution is 6.13. The van der Waals surface area contributed by atoms with Gasteiger partial charge < -0.3 is 10.6 Å². The summed E-state index contributed by atoms with van der Waals surface area (Å²) in [6.07, 6.45) is 1.67. The first-order chi connectivity index (χ1) is 11.3. The van der Waals surface area contributed by atoms with E-state index in [4.69, 9.17) is 0 Å². The molecule has 0 bridgehead atoms. The van der Waals surface area contributed by atoms with E-state index in [1.54, 1.807) is 24.3 Å². The van der Waals surface area contributed by atoms with Gasteiger partial charge in [0.1, 0.15) is 0 Å². The van der Waals surface area contributed by atoms with E-state index in [-0.39, 0.29) is 17.6 Å². The van der Waals surface area contributed by atoms with Gasteiger partial charge in [0, 0.05) is 17.0 Å². The minimum absolute atomic E-state index is 0.000174. The van der Waals surface area contributed by atoms with Gasteiger partial charge in [-0.25, -0.2) is 0 Å². The van der Waals surface area contributed by atoms with Crippen LogP contribution in [0, 0.1) is 5.92 Å². The molecular formula is C19H20N2O2. The van der Waals surface area contributed by atoms with E-state index < -0.39 is 0 Å². The number of carbonyl (C=O) groups is 2. The van der Waals surface area contributed by atoms with Gasteiger partial charge in [0.05, 0.1) is 5.69 Å². The van der Waals surface area contributed by atoms with Crippen molar-refractivity contribution in [3.8, 4) is 0 Å². The molecule has 1 heterocycles. The molecule has 1 aliphatic rings. The number of benzene rings is 2. The van der Waals surface area contributed by atoms with Crippen LogP contribution in [0.2, 0.25) is 0 Å². The molecule has 1 amide bonds. The standard InChI is InChI=1S/C19H20N2O2/c22-18(14-6-2-1-3-7-14)16-8-4-5-9-17(16)21-19(23)15-10-12-20-13-11-15/h1-9,15,20H,10-13H2,(H,21,23). The van der Waals surface area contributed by atoms with Crippen molar-refractivity contribution in [2.24, 2.45) is 5.92 Å². The van der Waals surface area contributed by atoms with Crippen molar-refractivity contribution in [3.05, 3.63) is 65.7 Å². The van der Waals surface area contributed by atoms with Gasteiger partial charge >= 0.3 is 0 Å². The van der Waals surface area contributed by atoms with Crippen LogP contribution in [0.5, 0.6) is 0 Å². The third-order valence-electron chi connectivity index (χ3n) is 4.18. The molecule has 118 valence electrons. The van der Waals surface area contributed by atoms with Gasteiger partial charge in [-0.2, -0.15) is 0 Å². The van der Waals surface area contributed by atoms with Crippen LogP contribution < -0.4 is 10.6 Å². The zero-order valence-electron chi connectivity index (χ0n) is 12.9. The van der Waals surface area contributed by atoms with Crippen molar-refractivity contribution >= 4 is 17.4 Å². The van der Waals surface area contributed by atoms with E-state index >= 15 is 0 Å². The lowest BCUT2D eigenvalue weighted by Crippen LogP contribution is -2.34. The van der Waals surface area contributed by atoms with Crippen molar-refractivity contribution in [1.82, 2.24) is 5.32 Å². The molecular weight excluding hydrogens is 288 g/mol. The van der Waals surface area contributed by atoms with E-state index in [0.717, 1.165) is 25.9 Å². The summed E-state index contributed by atoms with van der Waals surface area (Å²) in [6, 6.07) is 16.3. The fourth-order valence-corrected chi connectivity index (χ4v) is 2.85. The van der Waals surface area contributed by atoms with Gasteiger partial charge in [0.15, 0.2) is 5.78 Å². The Bertz CT molecular complexity index is 692. The fourth-order valence-electron chi connectivity index (χ4n) is 2.85. The highest BCUT2D eigenvalue weighted by atomic mass is 16.2. The Hall–Kier alpha value is -2.46. The fraction of sp³-hybridized carbons (Fsp3) is 0.263. The predicted molar refractivity (Wildman–Crippen MR) is 90.5 cm³/mol. The van der Waals surface area contributed by atoms with Crippen molar-refractivity contribution in [2.45, 2.75) is 12.8 Å². The number of anilines is 1. The average molecular weight is 308 g/mol. The summed E-state index contributed by atoms with van der Waals surface area (Å²) in [4.78, 5) is 25.1. The zero-order valence-corrected chi connectivity index (χ0v) is 12.9. The van der Waals surface area contributed by atoms with Crippen LogP contribution in [-0.4, -0.2) is 24.8 Å². The maximum Gasteiger partial charge on any atom is 0.227 e. The minimum atomic E-state index is -0.0770. The summed E-state index contributed by atoms with van der Waals surface area (Å²) >= 11 is 0. The van der Waals surface area contributed by atoms with Crippen molar-refractivity contribution in [2.75, 3.05) is 18.4 Å². The number of piperidine rings is 1. The molecule has 0 atom stereocenters. The molecule has 4 nitrogen and oxygen atoms in total. The second-order valence-corrected chi connectivity index (χ2v) is 5.75. The van der Waals surface area contributed by atoms with E-state index in [1.165, 1.54) is 0 Å². The number of rotatable bonds is 4. The molecule has 0 unspecified atom stereocenters. The van der Waals surface area contributed by atoms with Gasteiger partial charge in [0.25, 0.3) is 0 Å². The molecule has 1 fully saturated rings. The molecule has 2 aromatic rings. The first-order valence-electron chi connectivity index (χ1n) is 7.96. The van der Waals surface area contributed by atoms with E-state index in [9.17, 15) is 9.59 Å². The topological polar surface area (TPSA) is 58.2 Å². The van der Waals surface area contributed by atoms with Crippen LogP contribution >= 0.6 is 0 Å². The largest absolute Gasteiger partial charge is 0.325 e. The Balaban J connectivity index is 1.80. The van der Waals surface area contributed by atoms with Gasteiger partial charge in [-0.15, -0.1) is 0 Å². The first-order valence-corrected chi connectivity index (χ1v) is 7.96. The monoisotopic (exact) mass is 308 g/mol. The van der Waals surface area contributed by atoms with Crippen LogP contribution in [0.25, 0.3) is 0 Å². The molecule has 23 heavy (non-hydrogen) atoms. The summed E-state index contributed by atoms with van der Waals surface area (Å²) in [5.41, 5.74) is 1.74. The Morgan fingerprint density at radius 2 is 1.57 bits per heavy atom. The molecule has 1 saturated heterocycles. The molecule has 3 rings (SSSR count). The SMILES string of the molecule is O=C(c1ccccc1)c1ccccc1NC(=O)C1CCNCC1. The normalized spacial score (nSPS) is 15.1. The Kier molecular flexibility index (Phi) is 4.83. The van der Waals surface area contributed by atoms with Crippen molar-refractivity contribution in [1.29, 1.82) is 0 Å². The number of para-hydroxylation sites is 1. The third kappa shape index (κ3) is 3.66. The van der Waals surface area contributed by atoms with Crippen molar-refractivity contribution in [3.63, 3.8) is 0 Å². The number of amides is 1. The highest BCUT2D eigenvalue weighted by Crippen LogP contribution is 2.21. The number of nitrogens with one attached hydrogen (secondary N) is 2. The summed E-state index contributed by atoms with van der Waals surface area (Å²) in [5, 5.41) is 6.19. The minimum Gasteiger partial charge on any atom is -0.325 e. The number of hydrogen-bond acceptors (Lipinski definition) is 3. The summed E-state index contributed by atoms with van der Waals surface area (Å²) in [5.74, 6) is -0.0669. The maximum atomic E-state index is 12.7. The Morgan fingerprint density at radius 1 is 0.913 bits per heavy atom. The van der Waals surface area contributed by atoms with E-state index in [2.05, 4.69) is 10.6 Å². The predicted octanol–water partition coefficient (Wildman–Crippen LogP) is 2.86. The zero-order chi connectivity index (χ0) is 16.1. The molecule has 4 heteroatoms. The Labute approximate surface area is 135 Å². The molecule has 2 N–H and O–H groups in total. The van der Waals surface area contributed by atoms with Crippen LogP contribution in [0.15, 0.2) is 54.6 Å². The smallest absolute Gasteiger partial charge is 0.227 e. The van der Waals surface area contributed by atoms with Crippen LogP contribution in [0.4, 0.5) is 5.69 Å². The second kappa shape index (κ2) is 7.20. The Morgan fingerprint density at radius 3 is 2.30 bits per heavy atom. The molecule has 0 aromatic heterocycles. The molecule has 2 aromatic carbocycles. The lowest BCUT2D eigenvalue weighted by atomic mass is 9.96. The van der Waals surface area contributed by atoms with Crippen molar-refractivity contribution < 1.29 is 9.59 Å². The summed E-state index contributed by atoms with van der Waals surface area (Å²) < 4.78 is 0. The summed E-state index contributed by atoms with van der Waals surface area (Å²) in [6.45, 7) is 1.73. The van der Waals surface area contributed by atoms with Crippen LogP contribution in [0.1, 0.15) is 28.8 Å². The van der Waals surface area contributed by atoms with E-state index in [1.807, 2.05) is 30.3 Å². The van der Waals surface area contributed by atoms with E-state index in [0.29, 0.717) is 16.8 Å². The first kappa shape index (κ1) is 15.4. The lowest BCUT2D eigenvalue weighted by Gasteiger charge is -2.22. The molecule has 0 spiro atoms. The van der Waals surface area contributed by atoms with Crippen LogP contribution in [-0.2, 0) is 4.79 Å². The maximum absolute atomic E-state index is 12.7. The lowest BCUT2D eigenvalue weighted by molar-refractivity contribution is -0.120. The number of hydrogen-bond donors (Lipinski definition) is 2. The average Bonchev–Trinajstić information content (AvgIpc) is 2.63. The highest BCUT2D eigenvalue weighted by Gasteiger charge is 2.22. The molecule has 0 radical (unpaired) electrons.